The van der Waals surface area contributed by atoms with Gasteiger partial charge in [-0.2, -0.15) is 0 Å². The molecule has 0 saturated carbocycles. The number of rotatable bonds is 7. The summed E-state index contributed by atoms with van der Waals surface area (Å²) in [6, 6.07) is 69.0. The van der Waals surface area contributed by atoms with Crippen molar-refractivity contribution in [1.29, 1.82) is 0 Å². The van der Waals surface area contributed by atoms with Gasteiger partial charge in [-0.25, -0.2) is 0 Å². The Hall–Kier alpha value is -6.62. The third-order valence-corrected chi connectivity index (χ3v) is 11.0. The van der Waals surface area contributed by atoms with Crippen LogP contribution in [0.25, 0.3) is 53.2 Å². The average molecular weight is 685 g/mol. The van der Waals surface area contributed by atoms with Gasteiger partial charge in [0.2, 0.25) is 0 Å². The molecule has 246 valence electrons. The summed E-state index contributed by atoms with van der Waals surface area (Å²) in [5.74, 6) is 0. The number of hydrogen-bond acceptors (Lipinski definition) is 4. The first kappa shape index (κ1) is 30.2. The Labute approximate surface area is 305 Å². The van der Waals surface area contributed by atoms with Crippen molar-refractivity contribution in [2.24, 2.45) is 0 Å². The van der Waals surface area contributed by atoms with Crippen molar-refractivity contribution >= 4 is 87.6 Å². The molecule has 2 aromatic heterocycles. The molecule has 4 heteroatoms. The molecule has 0 N–H and O–H groups in total. The molecule has 0 atom stereocenters. The van der Waals surface area contributed by atoms with E-state index >= 15 is 0 Å². The molecular formula is C48H32N2OS. The summed E-state index contributed by atoms with van der Waals surface area (Å²) in [4.78, 5) is 4.72. The van der Waals surface area contributed by atoms with Crippen LogP contribution >= 0.6 is 11.3 Å². The van der Waals surface area contributed by atoms with E-state index in [2.05, 4.69) is 204 Å². The van der Waals surface area contributed by atoms with Crippen LogP contribution in [-0.2, 0) is 0 Å². The summed E-state index contributed by atoms with van der Waals surface area (Å²) in [5.41, 5.74) is 10.5. The topological polar surface area (TPSA) is 19.6 Å². The smallest absolute Gasteiger partial charge is 0.137 e. The van der Waals surface area contributed by atoms with Crippen LogP contribution in [0.2, 0.25) is 0 Å². The summed E-state index contributed by atoms with van der Waals surface area (Å²) in [5, 5.41) is 4.71. The molecule has 0 radical (unpaired) electrons. The van der Waals surface area contributed by atoms with Crippen LogP contribution in [0, 0.1) is 0 Å². The predicted molar refractivity (Wildman–Crippen MR) is 221 cm³/mol. The highest BCUT2D eigenvalue weighted by Crippen LogP contribution is 2.49. The highest BCUT2D eigenvalue weighted by molar-refractivity contribution is 7.25. The van der Waals surface area contributed by atoms with Crippen LogP contribution in [-0.4, -0.2) is 0 Å². The predicted octanol–water partition coefficient (Wildman–Crippen LogP) is 14.6. The van der Waals surface area contributed by atoms with E-state index < -0.39 is 0 Å². The number of thiophene rings is 1. The standard InChI is InChI=1S/C48H32N2OS/c1-4-14-33(15-5-1)34-26-28-37(29-27-34)49(35-16-6-2-7-17-35)41-21-12-23-43-47(41)48-42(22-13-24-44(48)51-43)50(36-18-8-3-9-19-36)38-30-31-40-39-20-10-11-25-45(39)52-46(40)32-38/h1-32H. The first-order valence-corrected chi connectivity index (χ1v) is 18.3. The number of benzene rings is 8. The summed E-state index contributed by atoms with van der Waals surface area (Å²) in [6.45, 7) is 0. The fourth-order valence-corrected chi connectivity index (χ4v) is 8.64. The number of furan rings is 1. The maximum absolute atomic E-state index is 6.71. The van der Waals surface area contributed by atoms with Gasteiger partial charge in [-0.1, -0.05) is 115 Å². The normalized spacial score (nSPS) is 11.5. The second-order valence-corrected chi connectivity index (χ2v) is 14.0. The van der Waals surface area contributed by atoms with Crippen molar-refractivity contribution in [1.82, 2.24) is 0 Å². The van der Waals surface area contributed by atoms with Crippen LogP contribution < -0.4 is 9.80 Å². The highest BCUT2D eigenvalue weighted by Gasteiger charge is 2.24. The van der Waals surface area contributed by atoms with Gasteiger partial charge in [0.1, 0.15) is 11.2 Å². The molecule has 0 fully saturated rings. The number of nitrogens with zero attached hydrogens (tertiary/aromatic N) is 2. The Morgan fingerprint density at radius 3 is 1.46 bits per heavy atom. The Morgan fingerprint density at radius 2 is 0.827 bits per heavy atom. The molecule has 0 amide bonds. The van der Waals surface area contributed by atoms with E-state index in [0.717, 1.165) is 56.1 Å². The van der Waals surface area contributed by atoms with Crippen molar-refractivity contribution in [3.63, 3.8) is 0 Å². The van der Waals surface area contributed by atoms with Gasteiger partial charge in [-0.3, -0.25) is 0 Å². The zero-order valence-corrected chi connectivity index (χ0v) is 29.0. The lowest BCUT2D eigenvalue weighted by Crippen LogP contribution is -2.11. The fraction of sp³-hybridized carbons (Fsp3) is 0. The molecule has 0 aliphatic heterocycles. The van der Waals surface area contributed by atoms with E-state index in [1.807, 2.05) is 11.3 Å². The van der Waals surface area contributed by atoms with Crippen LogP contribution in [0.1, 0.15) is 0 Å². The zero-order chi connectivity index (χ0) is 34.4. The average Bonchev–Trinajstić information content (AvgIpc) is 3.79. The molecule has 0 unspecified atom stereocenters. The molecule has 52 heavy (non-hydrogen) atoms. The largest absolute Gasteiger partial charge is 0.456 e. The van der Waals surface area contributed by atoms with Crippen molar-refractivity contribution in [2.45, 2.75) is 0 Å². The molecule has 3 nitrogen and oxygen atoms in total. The molecule has 2 heterocycles. The molecule has 10 rings (SSSR count). The molecule has 0 spiro atoms. The van der Waals surface area contributed by atoms with Gasteiger partial charge in [-0.15, -0.1) is 11.3 Å². The second kappa shape index (κ2) is 12.6. The molecule has 0 bridgehead atoms. The van der Waals surface area contributed by atoms with Gasteiger partial charge in [0.25, 0.3) is 0 Å². The second-order valence-electron chi connectivity index (χ2n) is 12.9. The lowest BCUT2D eigenvalue weighted by molar-refractivity contribution is 0.669. The lowest BCUT2D eigenvalue weighted by Gasteiger charge is -2.28. The third kappa shape index (κ3) is 5.12. The molecule has 0 aliphatic rings. The third-order valence-electron chi connectivity index (χ3n) is 9.84. The zero-order valence-electron chi connectivity index (χ0n) is 28.2. The maximum Gasteiger partial charge on any atom is 0.137 e. The van der Waals surface area contributed by atoms with Crippen LogP contribution in [0.3, 0.4) is 0 Å². The number of para-hydroxylation sites is 2. The monoisotopic (exact) mass is 684 g/mol. The van der Waals surface area contributed by atoms with Crippen molar-refractivity contribution in [3.05, 3.63) is 194 Å². The van der Waals surface area contributed by atoms with Crippen molar-refractivity contribution in [2.75, 3.05) is 9.80 Å². The first-order valence-electron chi connectivity index (χ1n) is 17.5. The van der Waals surface area contributed by atoms with E-state index in [4.69, 9.17) is 4.42 Å². The molecule has 10 aromatic rings. The number of hydrogen-bond donors (Lipinski definition) is 0. The summed E-state index contributed by atoms with van der Waals surface area (Å²) < 4.78 is 9.27. The Morgan fingerprint density at radius 1 is 0.346 bits per heavy atom. The quantitative estimate of drug-likeness (QED) is 0.167. The maximum atomic E-state index is 6.71. The highest BCUT2D eigenvalue weighted by atomic mass is 32.1. The Kier molecular flexibility index (Phi) is 7.33. The first-order chi connectivity index (χ1) is 25.8. The lowest BCUT2D eigenvalue weighted by atomic mass is 10.0. The summed E-state index contributed by atoms with van der Waals surface area (Å²) in [7, 11) is 0. The number of fused-ring (bicyclic) bond motifs is 6. The van der Waals surface area contributed by atoms with Gasteiger partial charge in [0, 0.05) is 42.9 Å². The molecule has 8 aromatic carbocycles. The minimum Gasteiger partial charge on any atom is -0.456 e. The van der Waals surface area contributed by atoms with Gasteiger partial charge in [0.05, 0.1) is 22.1 Å². The minimum atomic E-state index is 0.842. The number of anilines is 6. The van der Waals surface area contributed by atoms with E-state index in [1.165, 1.54) is 31.3 Å². The summed E-state index contributed by atoms with van der Waals surface area (Å²) in [6.07, 6.45) is 0. The van der Waals surface area contributed by atoms with E-state index in [-0.39, 0.29) is 0 Å². The van der Waals surface area contributed by atoms with Crippen molar-refractivity contribution in [3.8, 4) is 11.1 Å². The van der Waals surface area contributed by atoms with Gasteiger partial charge in [-0.05, 0) is 90.0 Å². The van der Waals surface area contributed by atoms with Crippen LogP contribution in [0.15, 0.2) is 199 Å². The molecular weight excluding hydrogens is 653 g/mol. The molecule has 0 aliphatic carbocycles. The molecule has 0 saturated heterocycles. The van der Waals surface area contributed by atoms with Crippen LogP contribution in [0.4, 0.5) is 34.1 Å². The van der Waals surface area contributed by atoms with E-state index in [1.54, 1.807) is 0 Å². The van der Waals surface area contributed by atoms with Gasteiger partial charge >= 0.3 is 0 Å². The van der Waals surface area contributed by atoms with Crippen molar-refractivity contribution < 1.29 is 4.42 Å². The van der Waals surface area contributed by atoms with E-state index in [0.29, 0.717) is 0 Å². The minimum absolute atomic E-state index is 0.842. The van der Waals surface area contributed by atoms with E-state index in [9.17, 15) is 0 Å². The fourth-order valence-electron chi connectivity index (χ4n) is 7.50. The SMILES string of the molecule is c1ccc(-c2ccc(N(c3ccccc3)c3cccc4oc5cccc(N(c6ccccc6)c6ccc7c(c6)sc6ccccc67)c5c34)cc2)cc1. The van der Waals surface area contributed by atoms with Gasteiger partial charge in [0.15, 0.2) is 0 Å². The Balaban J connectivity index is 1.21. The summed E-state index contributed by atoms with van der Waals surface area (Å²) >= 11 is 1.84. The van der Waals surface area contributed by atoms with Gasteiger partial charge < -0.3 is 14.2 Å². The van der Waals surface area contributed by atoms with Crippen LogP contribution in [0.5, 0.6) is 0 Å². The Bertz CT molecular complexity index is 2840.